The maximum atomic E-state index is 15.8. The quantitative estimate of drug-likeness (QED) is 0.169. The Kier molecular flexibility index (Phi) is 11.0. The van der Waals surface area contributed by atoms with Gasteiger partial charge in [0.05, 0.1) is 23.7 Å². The molecular weight excluding hydrogens is 640 g/mol. The van der Waals surface area contributed by atoms with Crippen LogP contribution in [0.5, 0.6) is 5.75 Å². The van der Waals surface area contributed by atoms with Crippen LogP contribution in [0, 0.1) is 16.6 Å². The molecular formula is C39H45FN4O4S. The summed E-state index contributed by atoms with van der Waals surface area (Å²) in [5.74, 6) is 0.646. The van der Waals surface area contributed by atoms with E-state index in [4.69, 9.17) is 9.73 Å². The van der Waals surface area contributed by atoms with Gasteiger partial charge in [0.2, 0.25) is 0 Å². The van der Waals surface area contributed by atoms with Crippen LogP contribution in [0.25, 0.3) is 10.9 Å². The number of carbonyl (C=O) groups excluding carboxylic acids is 1. The minimum Gasteiger partial charge on any atom is -0.496 e. The van der Waals surface area contributed by atoms with Gasteiger partial charge in [-0.25, -0.2) is 9.38 Å². The van der Waals surface area contributed by atoms with Crippen LogP contribution >= 0.6 is 11.8 Å². The maximum Gasteiger partial charge on any atom is 0.303 e. The second-order valence-electron chi connectivity index (χ2n) is 13.7. The smallest absolute Gasteiger partial charge is 0.303 e. The largest absolute Gasteiger partial charge is 0.496 e. The standard InChI is InChI=1S/C39H45FN4O4S/c1-38(2)16-7-17-39(3,26-9-6-8-24(20-26)10-13-33(45)46)37(41)44-36(42-4)29-21-25(11-12-32(29)48-5)35(47)34-28(15-19-49-23-38)27-14-18-43-31(27)22-30(34)40/h6,8-9,11-12,14,18,20-22,43H,7,10,13,15-17,19,23H2,1-5H3,(H,45,46)(H2,41,42,44). The number of methoxy groups -OCH3 is 1. The topological polar surface area (TPSA) is 128 Å². The summed E-state index contributed by atoms with van der Waals surface area (Å²) in [6.45, 7) is 6.50. The van der Waals surface area contributed by atoms with Crippen molar-refractivity contribution in [2.75, 3.05) is 25.7 Å². The molecule has 8 nitrogen and oxygen atoms in total. The van der Waals surface area contributed by atoms with E-state index in [0.717, 1.165) is 40.9 Å². The molecule has 1 unspecified atom stereocenters. The fraction of sp³-hybridized carbons (Fsp3) is 0.385. The van der Waals surface area contributed by atoms with Crippen molar-refractivity contribution in [1.29, 1.82) is 5.41 Å². The molecule has 0 saturated carbocycles. The predicted octanol–water partition coefficient (Wildman–Crippen LogP) is 7.95. The van der Waals surface area contributed by atoms with Crippen molar-refractivity contribution < 1.29 is 23.8 Å². The number of aliphatic carboxylic acids is 1. The Bertz CT molecular complexity index is 1920. The van der Waals surface area contributed by atoms with Crippen molar-refractivity contribution in [1.82, 2.24) is 10.3 Å². The van der Waals surface area contributed by atoms with E-state index in [1.165, 1.54) is 13.2 Å². The van der Waals surface area contributed by atoms with Crippen LogP contribution in [0.1, 0.15) is 84.6 Å². The van der Waals surface area contributed by atoms with E-state index in [0.29, 0.717) is 47.5 Å². The highest BCUT2D eigenvalue weighted by molar-refractivity contribution is 7.99. The molecule has 1 aliphatic rings. The normalized spacial score (nSPS) is 20.1. The van der Waals surface area contributed by atoms with E-state index in [-0.39, 0.29) is 28.8 Å². The summed E-state index contributed by atoms with van der Waals surface area (Å²) in [7, 11) is 3.23. The van der Waals surface area contributed by atoms with Gasteiger partial charge >= 0.3 is 5.97 Å². The number of ether oxygens (including phenoxy) is 1. The molecule has 4 aromatic rings. The number of hydrogen-bond donors (Lipinski definition) is 4. The van der Waals surface area contributed by atoms with Gasteiger partial charge in [0, 0.05) is 36.1 Å². The number of carboxylic acid groups (broad SMARTS) is 1. The first kappa shape index (κ1) is 35.9. The summed E-state index contributed by atoms with van der Waals surface area (Å²) in [5.41, 5.74) is 3.12. The molecule has 2 bridgehead atoms. The third-order valence-electron chi connectivity index (χ3n) is 9.55. The molecule has 0 radical (unpaired) electrons. The fourth-order valence-corrected chi connectivity index (χ4v) is 7.84. The van der Waals surface area contributed by atoms with E-state index < -0.39 is 23.0 Å². The number of carboxylic acids is 1. The van der Waals surface area contributed by atoms with Gasteiger partial charge in [-0.05, 0) is 96.5 Å². The van der Waals surface area contributed by atoms with Crippen LogP contribution in [-0.4, -0.2) is 59.2 Å². The number of hydrogen-bond acceptors (Lipinski definition) is 6. The number of ketones is 1. The van der Waals surface area contributed by atoms with E-state index in [1.807, 2.05) is 37.3 Å². The molecule has 2 heterocycles. The van der Waals surface area contributed by atoms with Crippen molar-refractivity contribution >= 4 is 46.1 Å². The van der Waals surface area contributed by atoms with Crippen molar-refractivity contribution in [3.8, 4) is 5.75 Å². The summed E-state index contributed by atoms with van der Waals surface area (Å²) in [4.78, 5) is 33.5. The molecule has 1 aliphatic heterocycles. The lowest BCUT2D eigenvalue weighted by atomic mass is 9.75. The lowest BCUT2D eigenvalue weighted by Crippen LogP contribution is -2.34. The van der Waals surface area contributed by atoms with E-state index in [2.05, 4.69) is 24.1 Å². The monoisotopic (exact) mass is 684 g/mol. The maximum absolute atomic E-state index is 15.8. The highest BCUT2D eigenvalue weighted by Gasteiger charge is 2.34. The molecule has 1 atom stereocenters. The molecule has 0 spiro atoms. The first-order chi connectivity index (χ1) is 23.4. The number of amidine groups is 2. The third kappa shape index (κ3) is 7.90. The second-order valence-corrected chi connectivity index (χ2v) is 14.8. The van der Waals surface area contributed by atoms with Gasteiger partial charge in [-0.3, -0.25) is 15.0 Å². The van der Waals surface area contributed by atoms with Crippen LogP contribution in [-0.2, 0) is 23.1 Å². The number of nitrogens with one attached hydrogen (secondary N) is 3. The molecule has 0 amide bonds. The summed E-state index contributed by atoms with van der Waals surface area (Å²) in [5, 5.41) is 22.7. The number of aromatic nitrogens is 1. The van der Waals surface area contributed by atoms with Crippen molar-refractivity contribution in [2.24, 2.45) is 10.4 Å². The first-order valence-electron chi connectivity index (χ1n) is 16.6. The number of nitrogens with zero attached hydrogens (tertiary/aromatic N) is 1. The number of H-pyrrole nitrogens is 1. The van der Waals surface area contributed by atoms with E-state index in [1.54, 1.807) is 43.2 Å². The molecule has 3 aromatic carbocycles. The molecule has 258 valence electrons. The number of carbonyl (C=O) groups is 2. The Morgan fingerprint density at radius 3 is 2.67 bits per heavy atom. The number of halogens is 1. The SMILES string of the molecule is CN/C1=N\C(=N)C(C)(c2cccc(CCC(=O)O)c2)CCCC(C)(C)CSCCc2c(c(F)cc3[nH]ccc23)C(=O)c2ccc(OC)c1c2. The van der Waals surface area contributed by atoms with Gasteiger partial charge in [0.1, 0.15) is 23.2 Å². The molecule has 10 heteroatoms. The van der Waals surface area contributed by atoms with Gasteiger partial charge in [-0.15, -0.1) is 0 Å². The Morgan fingerprint density at radius 2 is 1.94 bits per heavy atom. The first-order valence-corrected chi connectivity index (χ1v) is 17.8. The van der Waals surface area contributed by atoms with Crippen LogP contribution in [0.2, 0.25) is 0 Å². The minimum absolute atomic E-state index is 0.0171. The van der Waals surface area contributed by atoms with Crippen LogP contribution in [0.15, 0.2) is 65.8 Å². The van der Waals surface area contributed by atoms with Gasteiger partial charge < -0.3 is 20.1 Å². The second kappa shape index (κ2) is 15.0. The predicted molar refractivity (Wildman–Crippen MR) is 196 cm³/mol. The number of aliphatic imine (C=N–C) groups is 1. The summed E-state index contributed by atoms with van der Waals surface area (Å²) in [6.07, 6.45) is 5.11. The lowest BCUT2D eigenvalue weighted by molar-refractivity contribution is -0.136. The van der Waals surface area contributed by atoms with Crippen LogP contribution in [0.4, 0.5) is 4.39 Å². The third-order valence-corrected chi connectivity index (χ3v) is 11.0. The van der Waals surface area contributed by atoms with Gasteiger partial charge in [-0.2, -0.15) is 11.8 Å². The van der Waals surface area contributed by atoms with Crippen LogP contribution in [0.3, 0.4) is 0 Å². The number of fused-ring (bicyclic) bond motifs is 5. The number of benzene rings is 3. The zero-order chi connectivity index (χ0) is 35.3. The summed E-state index contributed by atoms with van der Waals surface area (Å²) < 4.78 is 21.5. The molecule has 0 fully saturated rings. The molecule has 4 N–H and O–H groups in total. The molecule has 49 heavy (non-hydrogen) atoms. The highest BCUT2D eigenvalue weighted by Crippen LogP contribution is 2.37. The highest BCUT2D eigenvalue weighted by atomic mass is 32.2. The van der Waals surface area contributed by atoms with Crippen molar-refractivity contribution in [2.45, 2.75) is 64.7 Å². The zero-order valence-corrected chi connectivity index (χ0v) is 29.7. The Balaban J connectivity index is 1.66. The number of rotatable bonds is 5. The molecule has 1 aromatic heterocycles. The Labute approximate surface area is 291 Å². The zero-order valence-electron chi connectivity index (χ0n) is 28.8. The molecule has 0 saturated heterocycles. The average molecular weight is 685 g/mol. The van der Waals surface area contributed by atoms with Crippen molar-refractivity contribution in [3.05, 3.63) is 100.0 Å². The molecule has 5 rings (SSSR count). The van der Waals surface area contributed by atoms with E-state index >= 15 is 4.39 Å². The van der Waals surface area contributed by atoms with Gasteiger partial charge in [0.25, 0.3) is 0 Å². The minimum atomic E-state index is -0.859. The number of aromatic amines is 1. The Hall–Kier alpha value is -4.44. The summed E-state index contributed by atoms with van der Waals surface area (Å²) in [6, 6.07) is 16.0. The number of thioether (sulfide) groups is 1. The van der Waals surface area contributed by atoms with Gasteiger partial charge in [-0.1, -0.05) is 44.5 Å². The van der Waals surface area contributed by atoms with Crippen molar-refractivity contribution in [3.63, 3.8) is 0 Å². The average Bonchev–Trinajstić information content (AvgIpc) is 3.55. The summed E-state index contributed by atoms with van der Waals surface area (Å²) >= 11 is 1.80. The lowest BCUT2D eigenvalue weighted by Gasteiger charge is -2.32. The van der Waals surface area contributed by atoms with E-state index in [9.17, 15) is 20.1 Å². The van der Waals surface area contributed by atoms with Gasteiger partial charge in [0.15, 0.2) is 5.78 Å². The molecule has 0 aliphatic carbocycles. The van der Waals surface area contributed by atoms with Crippen LogP contribution < -0.4 is 10.1 Å². The Morgan fingerprint density at radius 1 is 1.14 bits per heavy atom. The fourth-order valence-electron chi connectivity index (χ4n) is 6.65. The number of aryl methyl sites for hydroxylation is 2.